The Kier molecular flexibility index (Phi) is 5.07. The Morgan fingerprint density at radius 3 is 2.41 bits per heavy atom. The number of sulfonamides is 1. The summed E-state index contributed by atoms with van der Waals surface area (Å²) in [4.78, 5) is 0.309. The van der Waals surface area contributed by atoms with Gasteiger partial charge >= 0.3 is 0 Å². The van der Waals surface area contributed by atoms with E-state index in [1.807, 2.05) is 37.3 Å². The minimum atomic E-state index is -3.65. The summed E-state index contributed by atoms with van der Waals surface area (Å²) in [6.45, 7) is 2.37. The van der Waals surface area contributed by atoms with Crippen LogP contribution in [0.2, 0.25) is 0 Å². The van der Waals surface area contributed by atoms with Crippen LogP contribution in [0.4, 0.5) is 0 Å². The molecule has 2 aliphatic rings. The van der Waals surface area contributed by atoms with Gasteiger partial charge in [0, 0.05) is 25.5 Å². The molecule has 0 amide bonds. The van der Waals surface area contributed by atoms with E-state index in [0.29, 0.717) is 11.4 Å². The lowest BCUT2D eigenvalue weighted by molar-refractivity contribution is -0.212. The number of fused-ring (bicyclic) bond motifs is 1. The molecule has 2 saturated heterocycles. The molecule has 0 aliphatic carbocycles. The number of ether oxygens (including phenoxy) is 2. The molecule has 0 spiro atoms. The van der Waals surface area contributed by atoms with E-state index in [0.717, 1.165) is 24.0 Å². The van der Waals surface area contributed by atoms with Crippen molar-refractivity contribution in [1.29, 1.82) is 0 Å². The normalized spacial score (nSPS) is 28.8. The second-order valence-electron chi connectivity index (χ2n) is 7.34. The van der Waals surface area contributed by atoms with Crippen LogP contribution < -0.4 is 0 Å². The minimum absolute atomic E-state index is 0.120. The van der Waals surface area contributed by atoms with Gasteiger partial charge in [-0.15, -0.1) is 0 Å². The number of methoxy groups -OCH3 is 1. The molecular formula is C21H25NO4S. The number of aryl methyl sites for hydroxylation is 1. The molecule has 0 aromatic heterocycles. The zero-order chi connectivity index (χ0) is 19.0. The quantitative estimate of drug-likeness (QED) is 0.806. The first kappa shape index (κ1) is 18.6. The molecule has 27 heavy (non-hydrogen) atoms. The summed E-state index contributed by atoms with van der Waals surface area (Å²) in [6, 6.07) is 17.1. The second-order valence-corrected chi connectivity index (χ2v) is 9.23. The number of hydrogen-bond donors (Lipinski definition) is 0. The van der Waals surface area contributed by atoms with Gasteiger partial charge < -0.3 is 9.47 Å². The lowest BCUT2D eigenvalue weighted by Gasteiger charge is -2.36. The zero-order valence-corrected chi connectivity index (χ0v) is 16.4. The van der Waals surface area contributed by atoms with Crippen molar-refractivity contribution in [2.75, 3.05) is 13.7 Å². The van der Waals surface area contributed by atoms with Crippen LogP contribution in [-0.2, 0) is 19.5 Å². The van der Waals surface area contributed by atoms with Crippen LogP contribution in [0.25, 0.3) is 0 Å². The Labute approximate surface area is 161 Å². The second kappa shape index (κ2) is 7.36. The fourth-order valence-electron chi connectivity index (χ4n) is 4.22. The van der Waals surface area contributed by atoms with Crippen molar-refractivity contribution in [3.8, 4) is 0 Å². The van der Waals surface area contributed by atoms with Crippen LogP contribution in [0.5, 0.6) is 0 Å². The Bertz CT molecular complexity index is 882. The minimum Gasteiger partial charge on any atom is -0.356 e. The van der Waals surface area contributed by atoms with Gasteiger partial charge in [-0.05, 0) is 37.5 Å². The Hall–Kier alpha value is -1.73. The van der Waals surface area contributed by atoms with Crippen LogP contribution in [0, 0.1) is 12.8 Å². The average molecular weight is 388 g/mol. The molecule has 0 unspecified atom stereocenters. The summed E-state index contributed by atoms with van der Waals surface area (Å²) in [5.74, 6) is 0.244. The molecule has 2 aliphatic heterocycles. The molecule has 5 nitrogen and oxygen atoms in total. The molecule has 0 saturated carbocycles. The number of benzene rings is 2. The highest BCUT2D eigenvalue weighted by Gasteiger charge is 2.51. The smallest absolute Gasteiger partial charge is 0.245 e. The van der Waals surface area contributed by atoms with Gasteiger partial charge in [-0.2, -0.15) is 4.31 Å². The monoisotopic (exact) mass is 387 g/mol. The van der Waals surface area contributed by atoms with Crippen LogP contribution in [0.3, 0.4) is 0 Å². The standard InChI is InChI=1S/C21H25NO4S/c1-15-8-10-17(11-9-15)27(23,24)22-14-19(16-6-4-3-5-7-16)18-12-13-20(25-2)26-21(18)22/h3-11,18-21H,12-14H2,1-2H3/t18-,19+,20+,21-/m1/s1. The fourth-order valence-corrected chi connectivity index (χ4v) is 5.80. The average Bonchev–Trinajstić information content (AvgIpc) is 3.08. The largest absolute Gasteiger partial charge is 0.356 e. The Balaban J connectivity index is 1.71. The van der Waals surface area contributed by atoms with E-state index >= 15 is 0 Å². The molecule has 4 atom stereocenters. The lowest BCUT2D eigenvalue weighted by atomic mass is 9.84. The third kappa shape index (κ3) is 3.43. The molecule has 6 heteroatoms. The van der Waals surface area contributed by atoms with Gasteiger partial charge in [0.05, 0.1) is 4.90 Å². The topological polar surface area (TPSA) is 55.8 Å². The maximum absolute atomic E-state index is 13.4. The van der Waals surface area contributed by atoms with E-state index in [4.69, 9.17) is 9.47 Å². The van der Waals surface area contributed by atoms with Gasteiger partial charge in [-0.25, -0.2) is 8.42 Å². The van der Waals surface area contributed by atoms with Gasteiger partial charge in [0.2, 0.25) is 10.0 Å². The molecule has 2 aromatic rings. The van der Waals surface area contributed by atoms with Crippen molar-refractivity contribution < 1.29 is 17.9 Å². The van der Waals surface area contributed by atoms with Crippen molar-refractivity contribution >= 4 is 10.0 Å². The van der Waals surface area contributed by atoms with E-state index in [1.165, 1.54) is 4.31 Å². The third-order valence-electron chi connectivity index (χ3n) is 5.69. The molecule has 4 rings (SSSR count). The summed E-state index contributed by atoms with van der Waals surface area (Å²) in [6.07, 6.45) is 0.791. The van der Waals surface area contributed by atoms with Crippen molar-refractivity contribution in [2.45, 2.75) is 43.1 Å². The molecule has 2 heterocycles. The van der Waals surface area contributed by atoms with Gasteiger partial charge in [0.15, 0.2) is 6.29 Å². The molecule has 144 valence electrons. The van der Waals surface area contributed by atoms with Gasteiger partial charge in [-0.1, -0.05) is 48.0 Å². The van der Waals surface area contributed by atoms with Gasteiger partial charge in [0.1, 0.15) is 6.23 Å². The maximum Gasteiger partial charge on any atom is 0.245 e. The lowest BCUT2D eigenvalue weighted by Crippen LogP contribution is -2.44. The van der Waals surface area contributed by atoms with Crippen molar-refractivity contribution in [1.82, 2.24) is 4.31 Å². The van der Waals surface area contributed by atoms with Gasteiger partial charge in [-0.3, -0.25) is 0 Å². The highest BCUT2D eigenvalue weighted by molar-refractivity contribution is 7.89. The Morgan fingerprint density at radius 1 is 1.04 bits per heavy atom. The predicted molar refractivity (Wildman–Crippen MR) is 103 cm³/mol. The predicted octanol–water partition coefficient (Wildman–Crippen LogP) is 3.51. The molecular weight excluding hydrogens is 362 g/mol. The van der Waals surface area contributed by atoms with Crippen molar-refractivity contribution in [3.63, 3.8) is 0 Å². The SMILES string of the molecule is CO[C@@H]1CC[C@H]2[C@@H](O1)N(S(=O)(=O)c1ccc(C)cc1)C[C@H]2c1ccccc1. The summed E-state index contributed by atoms with van der Waals surface area (Å²) >= 11 is 0. The first-order valence-corrected chi connectivity index (χ1v) is 10.8. The number of nitrogens with zero attached hydrogens (tertiary/aromatic N) is 1. The summed E-state index contributed by atoms with van der Waals surface area (Å²) in [7, 11) is -2.04. The summed E-state index contributed by atoms with van der Waals surface area (Å²) in [5.41, 5.74) is 2.19. The van der Waals surface area contributed by atoms with Crippen LogP contribution >= 0.6 is 0 Å². The van der Waals surface area contributed by atoms with Crippen molar-refractivity contribution in [2.24, 2.45) is 5.92 Å². The maximum atomic E-state index is 13.4. The fraction of sp³-hybridized carbons (Fsp3) is 0.429. The highest BCUT2D eigenvalue weighted by atomic mass is 32.2. The van der Waals surface area contributed by atoms with Crippen LogP contribution in [-0.4, -0.2) is 38.9 Å². The van der Waals surface area contributed by atoms with E-state index < -0.39 is 16.3 Å². The molecule has 2 aromatic carbocycles. The van der Waals surface area contributed by atoms with Crippen molar-refractivity contribution in [3.05, 3.63) is 65.7 Å². The van der Waals surface area contributed by atoms with E-state index in [1.54, 1.807) is 19.2 Å². The zero-order valence-electron chi connectivity index (χ0n) is 15.6. The van der Waals surface area contributed by atoms with E-state index in [-0.39, 0.29) is 18.1 Å². The molecule has 2 fully saturated rings. The van der Waals surface area contributed by atoms with Crippen LogP contribution in [0.15, 0.2) is 59.5 Å². The van der Waals surface area contributed by atoms with Crippen LogP contribution in [0.1, 0.15) is 29.9 Å². The molecule has 0 radical (unpaired) electrons. The first-order chi connectivity index (χ1) is 13.0. The molecule has 0 N–H and O–H groups in total. The molecule has 0 bridgehead atoms. The van der Waals surface area contributed by atoms with E-state index in [2.05, 4.69) is 12.1 Å². The first-order valence-electron chi connectivity index (χ1n) is 9.32. The number of rotatable bonds is 4. The number of hydrogen-bond acceptors (Lipinski definition) is 4. The summed E-state index contributed by atoms with van der Waals surface area (Å²) < 4.78 is 39.7. The van der Waals surface area contributed by atoms with Gasteiger partial charge in [0.25, 0.3) is 0 Å². The van der Waals surface area contributed by atoms with E-state index in [9.17, 15) is 8.42 Å². The summed E-state index contributed by atoms with van der Waals surface area (Å²) in [5, 5.41) is 0. The Morgan fingerprint density at radius 2 is 1.74 bits per heavy atom. The highest BCUT2D eigenvalue weighted by Crippen LogP contribution is 2.46. The third-order valence-corrected chi connectivity index (χ3v) is 7.53.